The van der Waals surface area contributed by atoms with Gasteiger partial charge < -0.3 is 15.0 Å². The first-order chi connectivity index (χ1) is 13.7. The Morgan fingerprint density at radius 2 is 1.89 bits per heavy atom. The van der Waals surface area contributed by atoms with Crippen molar-refractivity contribution in [2.75, 3.05) is 19.8 Å². The molecule has 2 saturated heterocycles. The molecule has 1 N–H and O–H groups in total. The highest BCUT2D eigenvalue weighted by molar-refractivity contribution is 5.88. The Morgan fingerprint density at radius 3 is 2.68 bits per heavy atom. The Kier molecular flexibility index (Phi) is 4.80. The van der Waals surface area contributed by atoms with E-state index in [0.29, 0.717) is 30.0 Å². The summed E-state index contributed by atoms with van der Waals surface area (Å²) < 4.78 is 5.50. The lowest BCUT2D eigenvalue weighted by atomic mass is 9.73. The third-order valence-electron chi connectivity index (χ3n) is 7.89. The van der Waals surface area contributed by atoms with E-state index in [1.54, 1.807) is 0 Å². The van der Waals surface area contributed by atoms with E-state index in [4.69, 9.17) is 4.74 Å². The van der Waals surface area contributed by atoms with E-state index in [9.17, 15) is 4.79 Å². The first kappa shape index (κ1) is 18.4. The molecule has 1 aromatic rings. The zero-order valence-corrected chi connectivity index (χ0v) is 16.9. The van der Waals surface area contributed by atoms with E-state index in [1.165, 1.54) is 11.1 Å². The first-order valence-corrected chi connectivity index (χ1v) is 11.1. The lowest BCUT2D eigenvalue weighted by molar-refractivity contribution is -0.136. The minimum absolute atomic E-state index is 0.145. The molecule has 3 unspecified atom stereocenters. The van der Waals surface area contributed by atoms with Crippen LogP contribution in [0.5, 0.6) is 0 Å². The summed E-state index contributed by atoms with van der Waals surface area (Å²) >= 11 is 0. The summed E-state index contributed by atoms with van der Waals surface area (Å²) in [6.45, 7) is 4.86. The topological polar surface area (TPSA) is 41.6 Å². The highest BCUT2D eigenvalue weighted by atomic mass is 16.5. The average Bonchev–Trinajstić information content (AvgIpc) is 3.26. The molecule has 3 aliphatic heterocycles. The molecular weight excluding hydrogens is 348 g/mol. The number of hydrogen-bond donors (Lipinski definition) is 1. The van der Waals surface area contributed by atoms with Crippen LogP contribution in [0.3, 0.4) is 0 Å². The summed E-state index contributed by atoms with van der Waals surface area (Å²) in [7, 11) is 0. The molecule has 28 heavy (non-hydrogen) atoms. The number of ether oxygens (including phenoxy) is 1. The van der Waals surface area contributed by atoms with E-state index in [1.807, 2.05) is 0 Å². The zero-order valence-electron chi connectivity index (χ0n) is 16.9. The quantitative estimate of drug-likeness (QED) is 0.871. The standard InChI is InChI=1S/C24H32N2O2/c1-17-22-15-19(18-5-3-2-4-6-18)8-12-26(22)23(27)24(17)11-7-21(16-24)25-20-9-13-28-14-10-20/h2-6,8,17,20-22,25H,7,9-16H2,1H3/t17?,21?,22?,24-/m0/s1. The SMILES string of the molecule is CC1C2CC(c3ccccc3)=CCN2C(=O)[C@]12CCC(NC1CCOCC1)C2. The molecule has 4 aliphatic rings. The number of amides is 1. The van der Waals surface area contributed by atoms with Gasteiger partial charge in [0.25, 0.3) is 0 Å². The molecule has 3 fully saturated rings. The van der Waals surface area contributed by atoms with Crippen molar-refractivity contribution in [3.8, 4) is 0 Å². The van der Waals surface area contributed by atoms with Gasteiger partial charge in [0.1, 0.15) is 0 Å². The van der Waals surface area contributed by atoms with Crippen LogP contribution < -0.4 is 5.32 Å². The second kappa shape index (κ2) is 7.31. The van der Waals surface area contributed by atoms with E-state index in [0.717, 1.165) is 58.3 Å². The van der Waals surface area contributed by atoms with E-state index < -0.39 is 0 Å². The first-order valence-electron chi connectivity index (χ1n) is 11.1. The van der Waals surface area contributed by atoms with Gasteiger partial charge in [0, 0.05) is 37.9 Å². The van der Waals surface area contributed by atoms with Gasteiger partial charge in [-0.15, -0.1) is 0 Å². The second-order valence-electron chi connectivity index (χ2n) is 9.26. The van der Waals surface area contributed by atoms with Crippen molar-refractivity contribution in [2.24, 2.45) is 11.3 Å². The predicted molar refractivity (Wildman–Crippen MR) is 111 cm³/mol. The van der Waals surface area contributed by atoms with E-state index >= 15 is 0 Å². The molecule has 1 aliphatic carbocycles. The summed E-state index contributed by atoms with van der Waals surface area (Å²) in [5, 5.41) is 3.86. The average molecular weight is 381 g/mol. The van der Waals surface area contributed by atoms with Gasteiger partial charge in [0.15, 0.2) is 0 Å². The van der Waals surface area contributed by atoms with Crippen molar-refractivity contribution in [3.05, 3.63) is 42.0 Å². The lowest BCUT2D eigenvalue weighted by Gasteiger charge is -2.32. The molecule has 0 bridgehead atoms. The molecule has 5 rings (SSSR count). The molecule has 4 heteroatoms. The van der Waals surface area contributed by atoms with Gasteiger partial charge >= 0.3 is 0 Å². The number of nitrogens with zero attached hydrogens (tertiary/aromatic N) is 1. The van der Waals surface area contributed by atoms with Crippen molar-refractivity contribution in [3.63, 3.8) is 0 Å². The number of nitrogens with one attached hydrogen (secondary N) is 1. The maximum Gasteiger partial charge on any atom is 0.229 e. The molecule has 4 nitrogen and oxygen atoms in total. The molecule has 0 radical (unpaired) electrons. The monoisotopic (exact) mass is 380 g/mol. The van der Waals surface area contributed by atoms with Crippen LogP contribution in [0.2, 0.25) is 0 Å². The Hall–Kier alpha value is -1.65. The van der Waals surface area contributed by atoms with Gasteiger partial charge in [-0.3, -0.25) is 4.79 Å². The normalized spacial score (nSPS) is 36.0. The van der Waals surface area contributed by atoms with Crippen LogP contribution >= 0.6 is 0 Å². The van der Waals surface area contributed by atoms with Crippen LogP contribution in [0.1, 0.15) is 51.0 Å². The smallest absolute Gasteiger partial charge is 0.229 e. The number of carbonyl (C=O) groups excluding carboxylic acids is 1. The van der Waals surface area contributed by atoms with Crippen LogP contribution in [0.25, 0.3) is 5.57 Å². The number of benzene rings is 1. The van der Waals surface area contributed by atoms with Gasteiger partial charge in [-0.05, 0) is 55.6 Å². The molecule has 0 aromatic heterocycles. The van der Waals surface area contributed by atoms with Gasteiger partial charge in [-0.2, -0.15) is 0 Å². The summed E-state index contributed by atoms with van der Waals surface area (Å²) in [4.78, 5) is 15.7. The molecule has 1 saturated carbocycles. The second-order valence-corrected chi connectivity index (χ2v) is 9.26. The van der Waals surface area contributed by atoms with Crippen molar-refractivity contribution >= 4 is 11.5 Å². The van der Waals surface area contributed by atoms with E-state index in [-0.39, 0.29) is 5.41 Å². The molecule has 150 valence electrons. The Balaban J connectivity index is 1.30. The van der Waals surface area contributed by atoms with Crippen LogP contribution in [-0.4, -0.2) is 48.7 Å². The van der Waals surface area contributed by atoms with Gasteiger partial charge in [0.05, 0.1) is 5.41 Å². The van der Waals surface area contributed by atoms with Crippen molar-refractivity contribution in [1.29, 1.82) is 0 Å². The molecule has 1 spiro atoms. The molecule has 3 heterocycles. The number of carbonyl (C=O) groups is 1. The molecule has 1 aromatic carbocycles. The molecule has 4 atom stereocenters. The van der Waals surface area contributed by atoms with Gasteiger partial charge in [-0.1, -0.05) is 43.3 Å². The minimum Gasteiger partial charge on any atom is -0.381 e. The van der Waals surface area contributed by atoms with Crippen molar-refractivity contribution in [1.82, 2.24) is 10.2 Å². The zero-order chi connectivity index (χ0) is 19.1. The van der Waals surface area contributed by atoms with Crippen LogP contribution in [0.4, 0.5) is 0 Å². The van der Waals surface area contributed by atoms with Crippen molar-refractivity contribution < 1.29 is 9.53 Å². The third-order valence-corrected chi connectivity index (χ3v) is 7.89. The van der Waals surface area contributed by atoms with Crippen LogP contribution in [0, 0.1) is 11.3 Å². The maximum absolute atomic E-state index is 13.5. The third kappa shape index (κ3) is 3.02. The lowest BCUT2D eigenvalue weighted by Crippen LogP contribution is -2.42. The fraction of sp³-hybridized carbons (Fsp3) is 0.625. The number of rotatable bonds is 3. The number of fused-ring (bicyclic) bond motifs is 1. The largest absolute Gasteiger partial charge is 0.381 e. The van der Waals surface area contributed by atoms with Crippen LogP contribution in [-0.2, 0) is 9.53 Å². The fourth-order valence-electron chi connectivity index (χ4n) is 6.20. The van der Waals surface area contributed by atoms with Crippen LogP contribution in [0.15, 0.2) is 36.4 Å². The summed E-state index contributed by atoms with van der Waals surface area (Å²) in [5.41, 5.74) is 2.58. The van der Waals surface area contributed by atoms with E-state index in [2.05, 4.69) is 53.5 Å². The summed E-state index contributed by atoms with van der Waals surface area (Å²) in [6, 6.07) is 12.1. The Bertz CT molecular complexity index is 755. The maximum atomic E-state index is 13.5. The summed E-state index contributed by atoms with van der Waals surface area (Å²) in [6.07, 6.45) is 8.67. The predicted octanol–water partition coefficient (Wildman–Crippen LogP) is 3.63. The minimum atomic E-state index is -0.145. The Morgan fingerprint density at radius 1 is 1.11 bits per heavy atom. The molecular formula is C24H32N2O2. The van der Waals surface area contributed by atoms with Gasteiger partial charge in [-0.25, -0.2) is 0 Å². The van der Waals surface area contributed by atoms with Gasteiger partial charge in [0.2, 0.25) is 5.91 Å². The summed E-state index contributed by atoms with van der Waals surface area (Å²) in [5.74, 6) is 0.846. The highest BCUT2D eigenvalue weighted by Gasteiger charge is 2.59. The molecule has 1 amide bonds. The fourth-order valence-corrected chi connectivity index (χ4v) is 6.20. The highest BCUT2D eigenvalue weighted by Crippen LogP contribution is 2.54. The number of hydrogen-bond acceptors (Lipinski definition) is 3. The van der Waals surface area contributed by atoms with Crippen molar-refractivity contribution in [2.45, 2.75) is 63.6 Å². The Labute approximate surface area is 168 Å².